The SMILES string of the molecule is C[C@H](NP(=O)(OC[C@@H]1C[C@@H](C)[C@H](C)O1)Oc1ccccc1)C(=O)OCc1ccccc1. The highest BCUT2D eigenvalue weighted by molar-refractivity contribution is 7.52. The van der Waals surface area contributed by atoms with Crippen molar-refractivity contribution in [1.82, 2.24) is 5.09 Å². The van der Waals surface area contributed by atoms with Crippen molar-refractivity contribution in [2.75, 3.05) is 6.61 Å². The molecule has 0 saturated carbocycles. The first kappa shape index (κ1) is 23.5. The number of nitrogens with one attached hydrogen (secondary N) is 1. The molecule has 1 unspecified atom stereocenters. The molecular weight excluding hydrogens is 417 g/mol. The molecule has 0 spiro atoms. The minimum absolute atomic E-state index is 0.0948. The maximum Gasteiger partial charge on any atom is 0.459 e. The molecule has 0 aliphatic carbocycles. The van der Waals surface area contributed by atoms with Crippen LogP contribution in [0, 0.1) is 5.92 Å². The molecule has 1 saturated heterocycles. The summed E-state index contributed by atoms with van der Waals surface area (Å²) in [4.78, 5) is 12.5. The van der Waals surface area contributed by atoms with Gasteiger partial charge in [0.25, 0.3) is 0 Å². The molecule has 1 fully saturated rings. The molecule has 1 N–H and O–H groups in total. The van der Waals surface area contributed by atoms with Crippen molar-refractivity contribution in [3.05, 3.63) is 66.2 Å². The zero-order valence-electron chi connectivity index (χ0n) is 18.1. The second-order valence-electron chi connectivity index (χ2n) is 7.82. The number of para-hydroxylation sites is 1. The van der Waals surface area contributed by atoms with Gasteiger partial charge < -0.3 is 14.0 Å². The number of hydrogen-bond donors (Lipinski definition) is 1. The highest BCUT2D eigenvalue weighted by Crippen LogP contribution is 2.45. The van der Waals surface area contributed by atoms with E-state index in [0.29, 0.717) is 11.7 Å². The maximum atomic E-state index is 13.5. The zero-order valence-corrected chi connectivity index (χ0v) is 19.0. The Kier molecular flexibility index (Phi) is 8.27. The predicted molar refractivity (Wildman–Crippen MR) is 118 cm³/mol. The van der Waals surface area contributed by atoms with Gasteiger partial charge in [0.05, 0.1) is 18.8 Å². The Morgan fingerprint density at radius 1 is 1.13 bits per heavy atom. The van der Waals surface area contributed by atoms with Crippen molar-refractivity contribution in [2.45, 2.75) is 52.0 Å². The van der Waals surface area contributed by atoms with Crippen LogP contribution in [-0.2, 0) is 30.0 Å². The summed E-state index contributed by atoms with van der Waals surface area (Å²) in [6.45, 7) is 5.90. The standard InChI is InChI=1S/C23H30NO6P/c1-17-14-22(29-19(17)3)16-28-31(26,30-21-12-8-5-9-13-21)24-18(2)23(25)27-15-20-10-6-4-7-11-20/h4-13,17-19,22H,14-16H2,1-3H3,(H,24,26)/t17-,18+,19+,22+,31?/m1/s1. The lowest BCUT2D eigenvalue weighted by Crippen LogP contribution is -2.35. The summed E-state index contributed by atoms with van der Waals surface area (Å²) in [6, 6.07) is 17.1. The van der Waals surface area contributed by atoms with Crippen LogP contribution >= 0.6 is 7.75 Å². The summed E-state index contributed by atoms with van der Waals surface area (Å²) in [5.74, 6) is 0.212. The van der Waals surface area contributed by atoms with Crippen LogP contribution in [0.15, 0.2) is 60.7 Å². The van der Waals surface area contributed by atoms with Gasteiger partial charge in [0.15, 0.2) is 0 Å². The lowest BCUT2D eigenvalue weighted by atomic mass is 10.0. The summed E-state index contributed by atoms with van der Waals surface area (Å²) in [6.07, 6.45) is 0.740. The van der Waals surface area contributed by atoms with E-state index in [4.69, 9.17) is 18.5 Å². The number of ether oxygens (including phenoxy) is 2. The Morgan fingerprint density at radius 3 is 2.39 bits per heavy atom. The van der Waals surface area contributed by atoms with Crippen LogP contribution in [0.4, 0.5) is 0 Å². The fourth-order valence-corrected chi connectivity index (χ4v) is 4.76. The molecule has 0 radical (unpaired) electrons. The molecule has 1 heterocycles. The van der Waals surface area contributed by atoms with E-state index in [-0.39, 0.29) is 25.4 Å². The topological polar surface area (TPSA) is 83.1 Å². The number of benzene rings is 2. The highest BCUT2D eigenvalue weighted by Gasteiger charge is 2.36. The van der Waals surface area contributed by atoms with Crippen LogP contribution in [0.1, 0.15) is 32.8 Å². The van der Waals surface area contributed by atoms with Crippen molar-refractivity contribution < 1.29 is 27.9 Å². The number of hydrogen-bond acceptors (Lipinski definition) is 6. The van der Waals surface area contributed by atoms with Crippen LogP contribution in [0.5, 0.6) is 5.75 Å². The summed E-state index contributed by atoms with van der Waals surface area (Å²) < 4.78 is 36.0. The van der Waals surface area contributed by atoms with E-state index in [1.807, 2.05) is 43.3 Å². The van der Waals surface area contributed by atoms with Gasteiger partial charge in [-0.25, -0.2) is 4.57 Å². The van der Waals surface area contributed by atoms with E-state index in [9.17, 15) is 9.36 Å². The molecule has 1 aliphatic rings. The third kappa shape index (κ3) is 7.18. The predicted octanol–water partition coefficient (Wildman–Crippen LogP) is 4.73. The first-order valence-corrected chi connectivity index (χ1v) is 12.0. The molecule has 0 bridgehead atoms. The minimum Gasteiger partial charge on any atom is -0.460 e. The third-order valence-electron chi connectivity index (χ3n) is 5.17. The fraction of sp³-hybridized carbons (Fsp3) is 0.435. The van der Waals surface area contributed by atoms with Gasteiger partial charge in [0.2, 0.25) is 0 Å². The van der Waals surface area contributed by atoms with Crippen molar-refractivity contribution in [3.8, 4) is 5.75 Å². The lowest BCUT2D eigenvalue weighted by molar-refractivity contribution is -0.146. The van der Waals surface area contributed by atoms with Gasteiger partial charge in [-0.15, -0.1) is 0 Å². The van der Waals surface area contributed by atoms with Gasteiger partial charge in [0.1, 0.15) is 18.4 Å². The molecular formula is C23H30NO6P. The molecule has 3 rings (SSSR count). The second-order valence-corrected chi connectivity index (χ2v) is 9.51. The van der Waals surface area contributed by atoms with E-state index >= 15 is 0 Å². The number of carbonyl (C=O) groups is 1. The smallest absolute Gasteiger partial charge is 0.459 e. The Labute approximate surface area is 183 Å². The van der Waals surface area contributed by atoms with Crippen LogP contribution in [0.25, 0.3) is 0 Å². The summed E-state index contributed by atoms with van der Waals surface area (Å²) in [5.41, 5.74) is 0.865. The van der Waals surface area contributed by atoms with Gasteiger partial charge >= 0.3 is 13.7 Å². The fourth-order valence-electron chi connectivity index (χ4n) is 3.24. The van der Waals surface area contributed by atoms with Gasteiger partial charge in [-0.3, -0.25) is 9.32 Å². The normalized spacial score (nSPS) is 23.6. The van der Waals surface area contributed by atoms with Crippen LogP contribution in [0.3, 0.4) is 0 Å². The van der Waals surface area contributed by atoms with E-state index in [1.165, 1.54) is 0 Å². The lowest BCUT2D eigenvalue weighted by Gasteiger charge is -2.24. The molecule has 2 aromatic rings. The average Bonchev–Trinajstić information content (AvgIpc) is 3.09. The van der Waals surface area contributed by atoms with E-state index in [0.717, 1.165) is 12.0 Å². The summed E-state index contributed by atoms with van der Waals surface area (Å²) in [7, 11) is -3.87. The Hall–Kier alpha value is -2.18. The van der Waals surface area contributed by atoms with E-state index in [1.54, 1.807) is 31.2 Å². The van der Waals surface area contributed by atoms with Crippen LogP contribution in [-0.4, -0.2) is 30.8 Å². The molecule has 7 nitrogen and oxygen atoms in total. The van der Waals surface area contributed by atoms with Crippen molar-refractivity contribution in [1.29, 1.82) is 0 Å². The van der Waals surface area contributed by atoms with Crippen LogP contribution < -0.4 is 9.61 Å². The number of carbonyl (C=O) groups excluding carboxylic acids is 1. The largest absolute Gasteiger partial charge is 0.460 e. The Balaban J connectivity index is 1.62. The Bertz CT molecular complexity index is 868. The quantitative estimate of drug-likeness (QED) is 0.417. The molecule has 0 aromatic heterocycles. The monoisotopic (exact) mass is 447 g/mol. The van der Waals surface area contributed by atoms with E-state index < -0.39 is 19.8 Å². The summed E-state index contributed by atoms with van der Waals surface area (Å²) in [5, 5.41) is 2.71. The molecule has 168 valence electrons. The number of esters is 1. The minimum atomic E-state index is -3.87. The van der Waals surface area contributed by atoms with Crippen molar-refractivity contribution in [2.24, 2.45) is 5.92 Å². The molecule has 0 amide bonds. The van der Waals surface area contributed by atoms with Crippen LogP contribution in [0.2, 0.25) is 0 Å². The van der Waals surface area contributed by atoms with Gasteiger partial charge in [-0.1, -0.05) is 55.5 Å². The van der Waals surface area contributed by atoms with E-state index in [2.05, 4.69) is 12.0 Å². The maximum absolute atomic E-state index is 13.5. The molecule has 8 heteroatoms. The first-order valence-electron chi connectivity index (χ1n) is 10.5. The Morgan fingerprint density at radius 2 is 1.77 bits per heavy atom. The third-order valence-corrected chi connectivity index (χ3v) is 6.82. The molecule has 5 atom stereocenters. The molecule has 1 aliphatic heterocycles. The van der Waals surface area contributed by atoms with Gasteiger partial charge in [-0.05, 0) is 43.9 Å². The summed E-state index contributed by atoms with van der Waals surface area (Å²) >= 11 is 0. The zero-order chi connectivity index (χ0) is 22.3. The van der Waals surface area contributed by atoms with Crippen molar-refractivity contribution >= 4 is 13.7 Å². The second kappa shape index (κ2) is 10.9. The highest BCUT2D eigenvalue weighted by atomic mass is 31.2. The molecule has 31 heavy (non-hydrogen) atoms. The first-order chi connectivity index (χ1) is 14.8. The average molecular weight is 447 g/mol. The molecule has 2 aromatic carbocycles. The van der Waals surface area contributed by atoms with Gasteiger partial charge in [-0.2, -0.15) is 5.09 Å². The van der Waals surface area contributed by atoms with Crippen molar-refractivity contribution in [3.63, 3.8) is 0 Å². The van der Waals surface area contributed by atoms with Gasteiger partial charge in [0, 0.05) is 0 Å². The number of rotatable bonds is 10.